The Bertz CT molecular complexity index is 672. The third-order valence-corrected chi connectivity index (χ3v) is 3.47. The maximum absolute atomic E-state index is 11.6. The van der Waals surface area contributed by atoms with E-state index in [2.05, 4.69) is 13.8 Å². The summed E-state index contributed by atoms with van der Waals surface area (Å²) in [5, 5.41) is 0.765. The third kappa shape index (κ3) is 1.65. The van der Waals surface area contributed by atoms with Gasteiger partial charge in [-0.15, -0.1) is 0 Å². The molecule has 0 bridgehead atoms. The molecule has 0 aliphatic carbocycles. The molecule has 0 saturated carbocycles. The summed E-state index contributed by atoms with van der Waals surface area (Å²) >= 11 is 0. The highest BCUT2D eigenvalue weighted by atomic mass is 16.4. The first-order valence-corrected chi connectivity index (χ1v) is 6.14. The van der Waals surface area contributed by atoms with Gasteiger partial charge < -0.3 is 15.9 Å². The fourth-order valence-corrected chi connectivity index (χ4v) is 2.42. The lowest BCUT2D eigenvalue weighted by Gasteiger charge is -2.14. The van der Waals surface area contributed by atoms with Crippen molar-refractivity contribution in [3.63, 3.8) is 0 Å². The molecule has 96 valence electrons. The Balaban J connectivity index is 3.00. The highest BCUT2D eigenvalue weighted by molar-refractivity contribution is 5.96. The normalized spacial score (nSPS) is 11.1. The van der Waals surface area contributed by atoms with E-state index in [1.54, 1.807) is 6.92 Å². The van der Waals surface area contributed by atoms with Gasteiger partial charge in [0, 0.05) is 11.1 Å². The van der Waals surface area contributed by atoms with E-state index in [0.717, 1.165) is 29.4 Å². The van der Waals surface area contributed by atoms with E-state index in [0.29, 0.717) is 16.8 Å². The highest BCUT2D eigenvalue weighted by Gasteiger charge is 2.15. The van der Waals surface area contributed by atoms with Gasteiger partial charge in [-0.1, -0.05) is 13.8 Å². The molecule has 4 heteroatoms. The number of nitrogens with two attached hydrogens (primary N) is 2. The van der Waals surface area contributed by atoms with Crippen molar-refractivity contribution >= 4 is 22.3 Å². The lowest BCUT2D eigenvalue weighted by Crippen LogP contribution is -2.11. The quantitative estimate of drug-likeness (QED) is 0.629. The maximum Gasteiger partial charge on any atom is 0.359 e. The molecule has 0 atom stereocenters. The molecule has 0 aliphatic heterocycles. The van der Waals surface area contributed by atoms with Crippen LogP contribution in [0.3, 0.4) is 0 Å². The van der Waals surface area contributed by atoms with E-state index in [-0.39, 0.29) is 5.69 Å². The molecule has 0 aliphatic rings. The second-order valence-corrected chi connectivity index (χ2v) is 4.44. The molecule has 2 rings (SSSR count). The molecule has 1 aromatic carbocycles. The molecule has 2 aromatic rings. The minimum absolute atomic E-state index is 0.139. The molecule has 0 saturated heterocycles. The first-order chi connectivity index (χ1) is 8.51. The van der Waals surface area contributed by atoms with Crippen molar-refractivity contribution in [2.75, 3.05) is 11.5 Å². The summed E-state index contributed by atoms with van der Waals surface area (Å²) in [7, 11) is 0. The number of anilines is 2. The highest BCUT2D eigenvalue weighted by Crippen LogP contribution is 2.32. The zero-order valence-corrected chi connectivity index (χ0v) is 11.0. The van der Waals surface area contributed by atoms with Crippen LogP contribution in [0.2, 0.25) is 0 Å². The van der Waals surface area contributed by atoms with Crippen molar-refractivity contribution in [2.45, 2.75) is 33.6 Å². The number of nitrogen functional groups attached to an aromatic ring is 2. The van der Waals surface area contributed by atoms with E-state index in [9.17, 15) is 4.79 Å². The zero-order chi connectivity index (χ0) is 13.4. The Morgan fingerprint density at radius 3 is 2.39 bits per heavy atom. The van der Waals surface area contributed by atoms with Gasteiger partial charge in [0.05, 0.1) is 0 Å². The summed E-state index contributed by atoms with van der Waals surface area (Å²) in [6.45, 7) is 5.92. The molecular formula is C14H18N2O2. The number of aryl methyl sites for hydroxylation is 2. The topological polar surface area (TPSA) is 82.2 Å². The largest absolute Gasteiger partial charge is 0.421 e. The van der Waals surface area contributed by atoms with Crippen molar-refractivity contribution in [3.05, 3.63) is 33.2 Å². The predicted octanol–water partition coefficient (Wildman–Crippen LogP) is 2.39. The summed E-state index contributed by atoms with van der Waals surface area (Å²) in [6, 6.07) is 1.90. The standard InChI is InChI=1S/C14H18N2O2/c1-4-8-6-10-11(13(16)9(8)5-2)7(3)12(15)14(17)18-10/h6H,4-5,15-16H2,1-3H3. The van der Waals surface area contributed by atoms with Crippen LogP contribution in [0.25, 0.3) is 11.0 Å². The van der Waals surface area contributed by atoms with Crippen LogP contribution in [0, 0.1) is 6.92 Å². The van der Waals surface area contributed by atoms with E-state index >= 15 is 0 Å². The van der Waals surface area contributed by atoms with Crippen LogP contribution in [0.1, 0.15) is 30.5 Å². The second-order valence-electron chi connectivity index (χ2n) is 4.44. The van der Waals surface area contributed by atoms with E-state index in [1.807, 2.05) is 6.07 Å². The maximum atomic E-state index is 11.6. The van der Waals surface area contributed by atoms with Crippen molar-refractivity contribution in [1.82, 2.24) is 0 Å². The Morgan fingerprint density at radius 2 is 1.83 bits per heavy atom. The first kappa shape index (κ1) is 12.5. The number of benzene rings is 1. The van der Waals surface area contributed by atoms with Crippen LogP contribution < -0.4 is 17.1 Å². The number of hydrogen-bond acceptors (Lipinski definition) is 4. The molecule has 0 spiro atoms. The van der Waals surface area contributed by atoms with E-state index < -0.39 is 5.63 Å². The summed E-state index contributed by atoms with van der Waals surface area (Å²) < 4.78 is 5.24. The fraction of sp³-hybridized carbons (Fsp3) is 0.357. The van der Waals surface area contributed by atoms with Crippen LogP contribution in [-0.2, 0) is 12.8 Å². The minimum Gasteiger partial charge on any atom is -0.421 e. The van der Waals surface area contributed by atoms with E-state index in [1.165, 1.54) is 0 Å². The van der Waals surface area contributed by atoms with Gasteiger partial charge in [-0.3, -0.25) is 0 Å². The van der Waals surface area contributed by atoms with Gasteiger partial charge in [-0.05, 0) is 42.5 Å². The van der Waals surface area contributed by atoms with Crippen LogP contribution in [-0.4, -0.2) is 0 Å². The Morgan fingerprint density at radius 1 is 1.17 bits per heavy atom. The van der Waals surface area contributed by atoms with Gasteiger partial charge in [-0.25, -0.2) is 4.79 Å². The minimum atomic E-state index is -0.495. The van der Waals surface area contributed by atoms with Crippen molar-refractivity contribution in [2.24, 2.45) is 0 Å². The number of rotatable bonds is 2. The Hall–Kier alpha value is -1.97. The molecule has 0 unspecified atom stereocenters. The molecule has 1 aromatic heterocycles. The van der Waals surface area contributed by atoms with Crippen LogP contribution in [0.15, 0.2) is 15.3 Å². The molecule has 18 heavy (non-hydrogen) atoms. The average molecular weight is 246 g/mol. The van der Waals surface area contributed by atoms with Gasteiger partial charge >= 0.3 is 5.63 Å². The average Bonchev–Trinajstić information content (AvgIpc) is 2.35. The van der Waals surface area contributed by atoms with E-state index in [4.69, 9.17) is 15.9 Å². The second kappa shape index (κ2) is 4.37. The lowest BCUT2D eigenvalue weighted by atomic mass is 9.96. The van der Waals surface area contributed by atoms with Gasteiger partial charge in [0.2, 0.25) is 0 Å². The third-order valence-electron chi connectivity index (χ3n) is 3.47. The number of hydrogen-bond donors (Lipinski definition) is 2. The van der Waals surface area contributed by atoms with Crippen LogP contribution >= 0.6 is 0 Å². The monoisotopic (exact) mass is 246 g/mol. The number of fused-ring (bicyclic) bond motifs is 1. The first-order valence-electron chi connectivity index (χ1n) is 6.14. The predicted molar refractivity (Wildman–Crippen MR) is 74.8 cm³/mol. The van der Waals surface area contributed by atoms with Gasteiger partial charge in [0.25, 0.3) is 0 Å². The van der Waals surface area contributed by atoms with Gasteiger partial charge in [0.15, 0.2) is 0 Å². The van der Waals surface area contributed by atoms with Crippen molar-refractivity contribution in [1.29, 1.82) is 0 Å². The molecule has 4 N–H and O–H groups in total. The molecule has 0 radical (unpaired) electrons. The fourth-order valence-electron chi connectivity index (χ4n) is 2.42. The van der Waals surface area contributed by atoms with Crippen LogP contribution in [0.5, 0.6) is 0 Å². The Labute approximate surface area is 106 Å². The van der Waals surface area contributed by atoms with Crippen molar-refractivity contribution < 1.29 is 4.42 Å². The molecule has 0 fully saturated rings. The molecule has 1 heterocycles. The summed E-state index contributed by atoms with van der Waals surface area (Å²) in [6.07, 6.45) is 1.71. The summed E-state index contributed by atoms with van der Waals surface area (Å²) in [5.41, 5.74) is 15.7. The lowest BCUT2D eigenvalue weighted by molar-refractivity contribution is 0.563. The summed E-state index contributed by atoms with van der Waals surface area (Å²) in [5.74, 6) is 0. The Kier molecular flexibility index (Phi) is 3.03. The smallest absolute Gasteiger partial charge is 0.359 e. The van der Waals surface area contributed by atoms with Gasteiger partial charge in [-0.2, -0.15) is 0 Å². The van der Waals surface area contributed by atoms with Gasteiger partial charge in [0.1, 0.15) is 11.3 Å². The zero-order valence-electron chi connectivity index (χ0n) is 11.0. The SMILES string of the molecule is CCc1cc2oc(=O)c(N)c(C)c2c(N)c1CC. The molecule has 4 nitrogen and oxygen atoms in total. The molecule has 0 amide bonds. The summed E-state index contributed by atoms with van der Waals surface area (Å²) in [4.78, 5) is 11.6. The van der Waals surface area contributed by atoms with Crippen LogP contribution in [0.4, 0.5) is 11.4 Å². The van der Waals surface area contributed by atoms with Crippen molar-refractivity contribution in [3.8, 4) is 0 Å². The molecular weight excluding hydrogens is 228 g/mol.